The van der Waals surface area contributed by atoms with Crippen molar-refractivity contribution in [1.29, 1.82) is 0 Å². The highest BCUT2D eigenvalue weighted by Crippen LogP contribution is 2.35. The lowest BCUT2D eigenvalue weighted by molar-refractivity contribution is -0.129. The molecule has 25 heavy (non-hydrogen) atoms. The maximum absolute atomic E-state index is 12.3. The van der Waals surface area contributed by atoms with Crippen LogP contribution < -0.4 is 15.4 Å². The molecule has 1 saturated carbocycles. The molecule has 5 nitrogen and oxygen atoms in total. The number of hydrogen-bond acceptors (Lipinski definition) is 3. The van der Waals surface area contributed by atoms with E-state index in [-0.39, 0.29) is 11.8 Å². The van der Waals surface area contributed by atoms with Crippen molar-refractivity contribution in [2.24, 2.45) is 0 Å². The number of methoxy groups -OCH3 is 1. The molecule has 0 heterocycles. The zero-order valence-electron chi connectivity index (χ0n) is 14.5. The maximum Gasteiger partial charge on any atom is 0.246 e. The molecule has 0 unspecified atom stereocenters. The number of carbonyl (C=O) groups excluding carboxylic acids is 2. The standard InChI is InChI=1S/C20H22N2O3/c1-14(23)22-20(10-11-20)19(24)21-13-15-6-8-16(9-7-15)17-4-3-5-18(12-17)25-2/h3-9,12H,10-11,13H2,1-2H3,(H,21,24)(H,22,23). The van der Waals surface area contributed by atoms with Crippen LogP contribution in [0.2, 0.25) is 0 Å². The van der Waals surface area contributed by atoms with Gasteiger partial charge in [-0.15, -0.1) is 0 Å². The molecular formula is C20H22N2O3. The Morgan fingerprint density at radius 1 is 1.08 bits per heavy atom. The van der Waals surface area contributed by atoms with Crippen LogP contribution in [0, 0.1) is 0 Å². The minimum absolute atomic E-state index is 0.112. The Morgan fingerprint density at radius 3 is 2.40 bits per heavy atom. The van der Waals surface area contributed by atoms with Gasteiger partial charge in [0.25, 0.3) is 0 Å². The van der Waals surface area contributed by atoms with E-state index in [4.69, 9.17) is 4.74 Å². The van der Waals surface area contributed by atoms with Gasteiger partial charge in [-0.05, 0) is 41.7 Å². The summed E-state index contributed by atoms with van der Waals surface area (Å²) in [5, 5.41) is 5.66. The van der Waals surface area contributed by atoms with Gasteiger partial charge >= 0.3 is 0 Å². The number of hydrogen-bond donors (Lipinski definition) is 2. The van der Waals surface area contributed by atoms with Gasteiger partial charge in [0.2, 0.25) is 11.8 Å². The summed E-state index contributed by atoms with van der Waals surface area (Å²) in [7, 11) is 1.65. The van der Waals surface area contributed by atoms with Crippen LogP contribution in [0.5, 0.6) is 5.75 Å². The highest BCUT2D eigenvalue weighted by Gasteiger charge is 2.50. The molecule has 5 heteroatoms. The summed E-state index contributed by atoms with van der Waals surface area (Å²) >= 11 is 0. The summed E-state index contributed by atoms with van der Waals surface area (Å²) < 4.78 is 5.25. The van der Waals surface area contributed by atoms with Gasteiger partial charge in [-0.3, -0.25) is 9.59 Å². The molecule has 2 aromatic rings. The second kappa shape index (κ2) is 6.97. The first kappa shape index (κ1) is 17.0. The third-order valence-corrected chi connectivity index (χ3v) is 4.41. The van der Waals surface area contributed by atoms with Gasteiger partial charge < -0.3 is 15.4 Å². The summed E-state index contributed by atoms with van der Waals surface area (Å²) in [6, 6.07) is 15.9. The molecule has 0 radical (unpaired) electrons. The number of rotatable bonds is 6. The lowest BCUT2D eigenvalue weighted by Gasteiger charge is -2.16. The molecule has 0 atom stereocenters. The van der Waals surface area contributed by atoms with Crippen molar-refractivity contribution in [3.05, 3.63) is 54.1 Å². The molecular weight excluding hydrogens is 316 g/mol. The summed E-state index contributed by atoms with van der Waals surface area (Å²) in [6.45, 7) is 1.88. The molecule has 0 aliphatic heterocycles. The van der Waals surface area contributed by atoms with Gasteiger partial charge in [0, 0.05) is 13.5 Å². The second-order valence-electron chi connectivity index (χ2n) is 6.37. The summed E-state index contributed by atoms with van der Waals surface area (Å²) in [6.07, 6.45) is 1.40. The molecule has 1 aliphatic carbocycles. The Balaban J connectivity index is 1.61. The fourth-order valence-corrected chi connectivity index (χ4v) is 2.84. The van der Waals surface area contributed by atoms with Crippen LogP contribution in [0.15, 0.2) is 48.5 Å². The highest BCUT2D eigenvalue weighted by atomic mass is 16.5. The quantitative estimate of drug-likeness (QED) is 0.851. The van der Waals surface area contributed by atoms with Gasteiger partial charge in [0.15, 0.2) is 0 Å². The van der Waals surface area contributed by atoms with Crippen LogP contribution in [0.3, 0.4) is 0 Å². The van der Waals surface area contributed by atoms with E-state index in [0.717, 1.165) is 22.4 Å². The second-order valence-corrected chi connectivity index (χ2v) is 6.37. The minimum atomic E-state index is -0.688. The monoisotopic (exact) mass is 338 g/mol. The summed E-state index contributed by atoms with van der Waals surface area (Å²) in [5.41, 5.74) is 2.49. The molecule has 3 rings (SSSR count). The lowest BCUT2D eigenvalue weighted by Crippen LogP contribution is -2.48. The van der Waals surface area contributed by atoms with Crippen molar-refractivity contribution in [2.45, 2.75) is 31.8 Å². The van der Waals surface area contributed by atoms with E-state index < -0.39 is 5.54 Å². The minimum Gasteiger partial charge on any atom is -0.497 e. The van der Waals surface area contributed by atoms with Crippen molar-refractivity contribution in [2.75, 3.05) is 7.11 Å². The molecule has 0 saturated heterocycles. The van der Waals surface area contributed by atoms with Crippen LogP contribution in [0.4, 0.5) is 0 Å². The van der Waals surface area contributed by atoms with E-state index in [9.17, 15) is 9.59 Å². The van der Waals surface area contributed by atoms with Gasteiger partial charge in [0.1, 0.15) is 11.3 Å². The molecule has 1 fully saturated rings. The Hall–Kier alpha value is -2.82. The first-order valence-corrected chi connectivity index (χ1v) is 8.33. The van der Waals surface area contributed by atoms with Crippen molar-refractivity contribution in [3.63, 3.8) is 0 Å². The van der Waals surface area contributed by atoms with Crippen molar-refractivity contribution in [1.82, 2.24) is 10.6 Å². The highest BCUT2D eigenvalue weighted by molar-refractivity contribution is 5.93. The molecule has 2 amide bonds. The van der Waals surface area contributed by atoms with Crippen molar-refractivity contribution in [3.8, 4) is 16.9 Å². The smallest absolute Gasteiger partial charge is 0.246 e. The van der Waals surface area contributed by atoms with Crippen LogP contribution in [-0.4, -0.2) is 24.5 Å². The van der Waals surface area contributed by atoms with E-state index in [1.807, 2.05) is 48.5 Å². The lowest BCUT2D eigenvalue weighted by atomic mass is 10.0. The summed E-state index contributed by atoms with van der Waals surface area (Å²) in [5.74, 6) is 0.538. The van der Waals surface area contributed by atoms with Crippen LogP contribution >= 0.6 is 0 Å². The van der Waals surface area contributed by atoms with E-state index in [2.05, 4.69) is 10.6 Å². The zero-order chi connectivity index (χ0) is 17.9. The number of amides is 2. The molecule has 0 bridgehead atoms. The summed E-state index contributed by atoms with van der Waals surface area (Å²) in [4.78, 5) is 23.5. The topological polar surface area (TPSA) is 67.4 Å². The van der Waals surface area contributed by atoms with Crippen LogP contribution in [0.1, 0.15) is 25.3 Å². The van der Waals surface area contributed by atoms with Gasteiger partial charge in [-0.25, -0.2) is 0 Å². The Kier molecular flexibility index (Phi) is 4.74. The predicted molar refractivity (Wildman–Crippen MR) is 96.1 cm³/mol. The average molecular weight is 338 g/mol. The van der Waals surface area contributed by atoms with Crippen LogP contribution in [0.25, 0.3) is 11.1 Å². The molecule has 130 valence electrons. The number of ether oxygens (including phenoxy) is 1. The third-order valence-electron chi connectivity index (χ3n) is 4.41. The number of carbonyl (C=O) groups is 2. The normalized spacial score (nSPS) is 14.5. The fourth-order valence-electron chi connectivity index (χ4n) is 2.84. The van der Waals surface area contributed by atoms with Gasteiger partial charge in [-0.2, -0.15) is 0 Å². The van der Waals surface area contributed by atoms with E-state index in [0.29, 0.717) is 19.4 Å². The Bertz CT molecular complexity index is 780. The fraction of sp³-hybridized carbons (Fsp3) is 0.300. The largest absolute Gasteiger partial charge is 0.497 e. The number of benzene rings is 2. The SMILES string of the molecule is COc1cccc(-c2ccc(CNC(=O)C3(NC(C)=O)CC3)cc2)c1. The Morgan fingerprint density at radius 2 is 1.80 bits per heavy atom. The van der Waals surface area contributed by atoms with Crippen molar-refractivity contribution < 1.29 is 14.3 Å². The molecule has 0 aromatic heterocycles. The number of nitrogens with one attached hydrogen (secondary N) is 2. The van der Waals surface area contributed by atoms with E-state index in [1.165, 1.54) is 6.92 Å². The molecule has 2 N–H and O–H groups in total. The zero-order valence-corrected chi connectivity index (χ0v) is 14.5. The van der Waals surface area contributed by atoms with E-state index >= 15 is 0 Å². The molecule has 2 aromatic carbocycles. The molecule has 0 spiro atoms. The average Bonchev–Trinajstić information content (AvgIpc) is 3.40. The van der Waals surface area contributed by atoms with Gasteiger partial charge in [0.05, 0.1) is 7.11 Å². The van der Waals surface area contributed by atoms with Crippen LogP contribution in [-0.2, 0) is 16.1 Å². The Labute approximate surface area is 147 Å². The first-order chi connectivity index (χ1) is 12.0. The van der Waals surface area contributed by atoms with E-state index in [1.54, 1.807) is 7.11 Å². The molecule has 1 aliphatic rings. The predicted octanol–water partition coefficient (Wildman–Crippen LogP) is 2.65. The first-order valence-electron chi connectivity index (χ1n) is 8.33. The third kappa shape index (κ3) is 3.99. The van der Waals surface area contributed by atoms with Gasteiger partial charge in [-0.1, -0.05) is 36.4 Å². The van der Waals surface area contributed by atoms with Crippen molar-refractivity contribution >= 4 is 11.8 Å². The maximum atomic E-state index is 12.3.